The summed E-state index contributed by atoms with van der Waals surface area (Å²) in [7, 11) is 0. The van der Waals surface area contributed by atoms with Crippen molar-refractivity contribution in [1.82, 2.24) is 29.9 Å². The van der Waals surface area contributed by atoms with E-state index in [9.17, 15) is 14.3 Å². The lowest BCUT2D eigenvalue weighted by Crippen LogP contribution is -2.34. The van der Waals surface area contributed by atoms with Crippen LogP contribution in [0.4, 0.5) is 10.3 Å². The number of aliphatic hydroxyl groups is 1. The molecule has 2 aliphatic heterocycles. The number of likely N-dealkylation sites (tertiary alicyclic amines) is 1. The van der Waals surface area contributed by atoms with Crippen molar-refractivity contribution in [3.63, 3.8) is 0 Å². The van der Waals surface area contributed by atoms with Crippen LogP contribution in [0.15, 0.2) is 36.7 Å². The van der Waals surface area contributed by atoms with E-state index in [1.807, 2.05) is 11.8 Å². The summed E-state index contributed by atoms with van der Waals surface area (Å²) in [6, 6.07) is 5.86. The summed E-state index contributed by atoms with van der Waals surface area (Å²) in [4.78, 5) is 27.7. The Morgan fingerprint density at radius 3 is 2.36 bits per heavy atom. The second kappa shape index (κ2) is 7.87. The highest BCUT2D eigenvalue weighted by molar-refractivity contribution is 5.98. The molecule has 4 heterocycles. The maximum atomic E-state index is 13.9. The van der Waals surface area contributed by atoms with Crippen LogP contribution in [0.25, 0.3) is 5.69 Å². The van der Waals surface area contributed by atoms with E-state index in [0.717, 1.165) is 18.8 Å². The minimum Gasteiger partial charge on any atom is -0.384 e. The summed E-state index contributed by atoms with van der Waals surface area (Å²) < 4.78 is 13.9. The Morgan fingerprint density at radius 2 is 1.73 bits per heavy atom. The van der Waals surface area contributed by atoms with E-state index in [1.54, 1.807) is 19.9 Å². The lowest BCUT2D eigenvalue weighted by molar-refractivity contribution is 0.0735. The van der Waals surface area contributed by atoms with Crippen LogP contribution in [0.5, 0.6) is 0 Å². The van der Waals surface area contributed by atoms with Gasteiger partial charge in [0.05, 0.1) is 23.7 Å². The lowest BCUT2D eigenvalue weighted by atomic mass is 10.0. The molecule has 5 rings (SSSR count). The highest BCUT2D eigenvalue weighted by atomic mass is 19.1. The van der Waals surface area contributed by atoms with Gasteiger partial charge in [0.15, 0.2) is 0 Å². The number of anilines is 1. The van der Waals surface area contributed by atoms with Gasteiger partial charge >= 0.3 is 0 Å². The van der Waals surface area contributed by atoms with E-state index >= 15 is 0 Å². The number of carbonyl (C=O) groups is 1. The van der Waals surface area contributed by atoms with E-state index in [2.05, 4.69) is 25.1 Å². The number of hydrogen-bond acceptors (Lipinski definition) is 7. The number of carbonyl (C=O) groups excluding carboxylic acids is 1. The second-order valence-electron chi connectivity index (χ2n) is 9.37. The Labute approximate surface area is 190 Å². The Bertz CT molecular complexity index is 1180. The number of hydrogen-bond donors (Lipinski definition) is 1. The van der Waals surface area contributed by atoms with Crippen molar-refractivity contribution in [3.05, 3.63) is 59.4 Å². The van der Waals surface area contributed by atoms with Gasteiger partial charge in [0, 0.05) is 49.8 Å². The van der Waals surface area contributed by atoms with Gasteiger partial charge in [-0.15, -0.1) is 0 Å². The molecule has 10 heteroatoms. The summed E-state index contributed by atoms with van der Waals surface area (Å²) in [6.45, 7) is 8.00. The summed E-state index contributed by atoms with van der Waals surface area (Å²) in [5.41, 5.74) is 1.06. The SMILES string of the molecule is Cc1cc(C(C)(C)O)nc(N2CC3CN(C(=O)c4ccc(F)cc4-n4nccn4)CC3C2)n1. The first-order valence-corrected chi connectivity index (χ1v) is 11.0. The van der Waals surface area contributed by atoms with E-state index in [4.69, 9.17) is 0 Å². The fraction of sp³-hybridized carbons (Fsp3) is 0.435. The van der Waals surface area contributed by atoms with Crippen molar-refractivity contribution in [2.45, 2.75) is 26.4 Å². The molecular weight excluding hydrogens is 425 g/mol. The number of fused-ring (bicyclic) bond motifs is 1. The first-order valence-electron chi connectivity index (χ1n) is 11.0. The minimum absolute atomic E-state index is 0.153. The fourth-order valence-corrected chi connectivity index (χ4v) is 4.69. The summed E-state index contributed by atoms with van der Waals surface area (Å²) in [5.74, 6) is 0.589. The van der Waals surface area contributed by atoms with Crippen LogP contribution in [0.2, 0.25) is 0 Å². The molecule has 2 saturated heterocycles. The molecule has 0 spiro atoms. The van der Waals surface area contributed by atoms with Crippen LogP contribution in [0, 0.1) is 24.6 Å². The van der Waals surface area contributed by atoms with Gasteiger partial charge in [0.2, 0.25) is 5.95 Å². The summed E-state index contributed by atoms with van der Waals surface area (Å²) in [6.07, 6.45) is 2.98. The monoisotopic (exact) mass is 451 g/mol. The minimum atomic E-state index is -1.04. The van der Waals surface area contributed by atoms with Crippen LogP contribution in [-0.2, 0) is 5.60 Å². The zero-order valence-electron chi connectivity index (χ0n) is 18.8. The number of rotatable bonds is 4. The maximum Gasteiger partial charge on any atom is 0.256 e. The van der Waals surface area contributed by atoms with Gasteiger partial charge < -0.3 is 14.9 Å². The molecule has 172 valence electrons. The van der Waals surface area contributed by atoms with Gasteiger partial charge in [-0.05, 0) is 39.0 Å². The van der Waals surface area contributed by atoms with Crippen LogP contribution in [-0.4, -0.2) is 67.1 Å². The van der Waals surface area contributed by atoms with Crippen molar-refractivity contribution < 1.29 is 14.3 Å². The van der Waals surface area contributed by atoms with Crippen molar-refractivity contribution in [2.24, 2.45) is 11.8 Å². The largest absolute Gasteiger partial charge is 0.384 e. The molecule has 2 aliphatic rings. The highest BCUT2D eigenvalue weighted by Crippen LogP contribution is 2.34. The van der Waals surface area contributed by atoms with E-state index < -0.39 is 11.4 Å². The van der Waals surface area contributed by atoms with Crippen molar-refractivity contribution in [3.8, 4) is 5.69 Å². The van der Waals surface area contributed by atoms with E-state index in [1.165, 1.54) is 35.4 Å². The van der Waals surface area contributed by atoms with E-state index in [0.29, 0.717) is 36.0 Å². The average molecular weight is 452 g/mol. The molecule has 2 unspecified atom stereocenters. The molecule has 3 aromatic rings. The smallest absolute Gasteiger partial charge is 0.256 e. The van der Waals surface area contributed by atoms with Crippen molar-refractivity contribution in [2.75, 3.05) is 31.1 Å². The Hall–Kier alpha value is -3.40. The molecule has 33 heavy (non-hydrogen) atoms. The standard InChI is InChI=1S/C23H26FN7O2/c1-14-8-20(23(2,3)33)28-22(27-14)30-12-15-10-29(11-16(15)13-30)21(32)18-5-4-17(24)9-19(18)31-25-6-7-26-31/h4-9,15-16,33H,10-13H2,1-3H3. The highest BCUT2D eigenvalue weighted by Gasteiger charge is 2.43. The predicted octanol–water partition coefficient (Wildman–Crippen LogP) is 1.94. The number of benzene rings is 1. The zero-order chi connectivity index (χ0) is 23.3. The van der Waals surface area contributed by atoms with Crippen LogP contribution < -0.4 is 4.90 Å². The topological polar surface area (TPSA) is 100 Å². The van der Waals surface area contributed by atoms with Crippen LogP contribution >= 0.6 is 0 Å². The second-order valence-corrected chi connectivity index (χ2v) is 9.37. The third-order valence-electron chi connectivity index (χ3n) is 6.35. The van der Waals surface area contributed by atoms with Crippen molar-refractivity contribution in [1.29, 1.82) is 0 Å². The molecule has 0 saturated carbocycles. The summed E-state index contributed by atoms with van der Waals surface area (Å²) in [5, 5.41) is 18.5. The van der Waals surface area contributed by atoms with Gasteiger partial charge in [-0.2, -0.15) is 15.0 Å². The Balaban J connectivity index is 1.32. The molecule has 1 N–H and O–H groups in total. The van der Waals surface area contributed by atoms with Gasteiger partial charge in [0.25, 0.3) is 5.91 Å². The average Bonchev–Trinajstić information content (AvgIpc) is 3.48. The zero-order valence-corrected chi connectivity index (χ0v) is 18.8. The van der Waals surface area contributed by atoms with Crippen LogP contribution in [0.3, 0.4) is 0 Å². The fourth-order valence-electron chi connectivity index (χ4n) is 4.69. The number of halogens is 1. The van der Waals surface area contributed by atoms with Gasteiger partial charge in [0.1, 0.15) is 17.1 Å². The first kappa shape index (κ1) is 21.4. The molecule has 1 aromatic carbocycles. The normalized spacial score (nSPS) is 20.4. The number of nitrogens with zero attached hydrogens (tertiary/aromatic N) is 7. The molecule has 0 radical (unpaired) electrons. The van der Waals surface area contributed by atoms with Crippen LogP contribution in [0.1, 0.15) is 35.6 Å². The summed E-state index contributed by atoms with van der Waals surface area (Å²) >= 11 is 0. The molecule has 2 atom stereocenters. The predicted molar refractivity (Wildman–Crippen MR) is 118 cm³/mol. The van der Waals surface area contributed by atoms with Gasteiger partial charge in [-0.1, -0.05) is 0 Å². The molecule has 9 nitrogen and oxygen atoms in total. The molecule has 2 aromatic heterocycles. The molecule has 2 fully saturated rings. The van der Waals surface area contributed by atoms with Crippen molar-refractivity contribution >= 4 is 11.9 Å². The molecule has 0 bridgehead atoms. The Morgan fingerprint density at radius 1 is 1.06 bits per heavy atom. The first-order chi connectivity index (χ1) is 15.7. The third kappa shape index (κ3) is 4.06. The Kier molecular flexibility index (Phi) is 5.12. The van der Waals surface area contributed by atoms with Gasteiger partial charge in [-0.3, -0.25) is 4.79 Å². The quantitative estimate of drug-likeness (QED) is 0.647. The van der Waals surface area contributed by atoms with Gasteiger partial charge in [-0.25, -0.2) is 14.4 Å². The molecular formula is C23H26FN7O2. The number of aryl methyl sites for hydroxylation is 1. The molecule has 1 amide bonds. The number of amides is 1. The van der Waals surface area contributed by atoms with E-state index in [-0.39, 0.29) is 17.7 Å². The third-order valence-corrected chi connectivity index (χ3v) is 6.35. The molecule has 0 aliphatic carbocycles. The number of aromatic nitrogens is 5. The lowest BCUT2D eigenvalue weighted by Gasteiger charge is -2.24. The maximum absolute atomic E-state index is 13.9.